The van der Waals surface area contributed by atoms with Gasteiger partial charge in [0.05, 0.1) is 13.1 Å². The molecule has 0 saturated carbocycles. The van der Waals surface area contributed by atoms with Crippen molar-refractivity contribution in [2.45, 2.75) is 32.5 Å². The third kappa shape index (κ3) is 8.83. The van der Waals surface area contributed by atoms with E-state index in [0.717, 1.165) is 13.0 Å². The fraction of sp³-hybridized carbons (Fsp3) is 0.650. The van der Waals surface area contributed by atoms with E-state index in [1.807, 2.05) is 11.8 Å². The third-order valence-electron chi connectivity index (χ3n) is 4.88. The Balaban J connectivity index is 0.00000450. The van der Waals surface area contributed by atoms with E-state index < -0.39 is 18.5 Å². The number of ether oxygens (including phenoxy) is 1. The van der Waals surface area contributed by atoms with Crippen molar-refractivity contribution in [3.8, 4) is 5.75 Å². The van der Waals surface area contributed by atoms with Crippen molar-refractivity contribution < 1.29 is 22.3 Å². The second-order valence-corrected chi connectivity index (χ2v) is 7.33. The minimum absolute atomic E-state index is 0. The second kappa shape index (κ2) is 12.5. The van der Waals surface area contributed by atoms with E-state index in [9.17, 15) is 17.6 Å². The molecular weight excluding hydrogens is 515 g/mol. The molecule has 30 heavy (non-hydrogen) atoms. The number of nitrogens with one attached hydrogen (secondary N) is 1. The van der Waals surface area contributed by atoms with E-state index in [2.05, 4.69) is 10.3 Å². The molecule has 0 radical (unpaired) electrons. The molecule has 1 aromatic carbocycles. The molecule has 1 N–H and O–H groups in total. The largest absolute Gasteiger partial charge is 0.486 e. The van der Waals surface area contributed by atoms with Gasteiger partial charge >= 0.3 is 6.18 Å². The van der Waals surface area contributed by atoms with Gasteiger partial charge in [0, 0.05) is 26.7 Å². The zero-order valence-electron chi connectivity index (χ0n) is 17.6. The Morgan fingerprint density at radius 1 is 1.37 bits per heavy atom. The van der Waals surface area contributed by atoms with Crippen LogP contribution < -0.4 is 10.1 Å². The molecule has 2 unspecified atom stereocenters. The Hall–Kier alpha value is -1.30. The highest BCUT2D eigenvalue weighted by atomic mass is 127. The molecule has 0 amide bonds. The Kier molecular flexibility index (Phi) is 11.2. The fourth-order valence-corrected chi connectivity index (χ4v) is 3.46. The summed E-state index contributed by atoms with van der Waals surface area (Å²) in [5.41, 5.74) is 0. The number of benzene rings is 1. The Morgan fingerprint density at radius 3 is 2.67 bits per heavy atom. The third-order valence-corrected chi connectivity index (χ3v) is 4.88. The number of nitrogens with zero attached hydrogens (tertiary/aromatic N) is 3. The van der Waals surface area contributed by atoms with Crippen molar-refractivity contribution in [2.75, 3.05) is 46.3 Å². The Labute approximate surface area is 192 Å². The molecule has 0 spiro atoms. The van der Waals surface area contributed by atoms with Crippen molar-refractivity contribution in [3.63, 3.8) is 0 Å². The van der Waals surface area contributed by atoms with Crippen LogP contribution in [0.5, 0.6) is 5.75 Å². The Morgan fingerprint density at radius 2 is 2.07 bits per heavy atom. The van der Waals surface area contributed by atoms with Gasteiger partial charge in [-0.25, -0.2) is 4.39 Å². The zero-order valence-corrected chi connectivity index (χ0v) is 19.9. The summed E-state index contributed by atoms with van der Waals surface area (Å²) in [6.07, 6.45) is -3.65. The summed E-state index contributed by atoms with van der Waals surface area (Å²) in [4.78, 5) is 7.75. The summed E-state index contributed by atoms with van der Waals surface area (Å²) < 4.78 is 57.3. The molecule has 1 aromatic rings. The monoisotopic (exact) mass is 546 g/mol. The van der Waals surface area contributed by atoms with E-state index >= 15 is 0 Å². The van der Waals surface area contributed by atoms with E-state index in [4.69, 9.17) is 4.74 Å². The smallest absolute Gasteiger partial charge is 0.401 e. The average Bonchev–Trinajstić information content (AvgIpc) is 3.11. The maximum Gasteiger partial charge on any atom is 0.401 e. The van der Waals surface area contributed by atoms with Gasteiger partial charge in [0.1, 0.15) is 6.10 Å². The van der Waals surface area contributed by atoms with Crippen molar-refractivity contribution in [1.29, 1.82) is 0 Å². The number of guanidine groups is 1. The second-order valence-electron chi connectivity index (χ2n) is 7.33. The van der Waals surface area contributed by atoms with Crippen LogP contribution in [0.15, 0.2) is 29.3 Å². The molecule has 1 heterocycles. The van der Waals surface area contributed by atoms with Crippen molar-refractivity contribution >= 4 is 29.9 Å². The number of aliphatic imine (C=N–C) groups is 1. The first-order chi connectivity index (χ1) is 13.7. The van der Waals surface area contributed by atoms with E-state index in [-0.39, 0.29) is 41.7 Å². The molecule has 1 saturated heterocycles. The predicted molar refractivity (Wildman–Crippen MR) is 121 cm³/mol. The SMILES string of the molecule is CCN(CC1CCN(C(=NC)NCC(C)Oc2ccccc2F)C1)CC(F)(F)F.I. The molecule has 1 aliphatic heterocycles. The molecule has 10 heteroatoms. The van der Waals surface area contributed by atoms with Crippen LogP contribution in [0.4, 0.5) is 17.6 Å². The topological polar surface area (TPSA) is 40.1 Å². The van der Waals surface area contributed by atoms with Gasteiger partial charge in [-0.1, -0.05) is 19.1 Å². The summed E-state index contributed by atoms with van der Waals surface area (Å²) >= 11 is 0. The predicted octanol–water partition coefficient (Wildman–Crippen LogP) is 3.99. The summed E-state index contributed by atoms with van der Waals surface area (Å²) in [7, 11) is 1.67. The lowest BCUT2D eigenvalue weighted by atomic mass is 10.1. The minimum Gasteiger partial charge on any atom is -0.486 e. The molecule has 2 rings (SSSR count). The number of alkyl halides is 3. The number of hydrogen-bond acceptors (Lipinski definition) is 3. The fourth-order valence-electron chi connectivity index (χ4n) is 3.46. The number of hydrogen-bond donors (Lipinski definition) is 1. The summed E-state index contributed by atoms with van der Waals surface area (Å²) in [6, 6.07) is 6.23. The van der Waals surface area contributed by atoms with Crippen LogP contribution in [-0.4, -0.2) is 74.4 Å². The Bertz CT molecular complexity index is 674. The molecule has 0 aromatic heterocycles. The molecule has 1 aliphatic rings. The van der Waals surface area contributed by atoms with Gasteiger partial charge in [-0.3, -0.25) is 9.89 Å². The summed E-state index contributed by atoms with van der Waals surface area (Å²) in [5, 5.41) is 3.21. The molecule has 2 atom stereocenters. The van der Waals surface area contributed by atoms with E-state index in [1.165, 1.54) is 11.0 Å². The maximum atomic E-state index is 13.7. The van der Waals surface area contributed by atoms with Crippen LogP contribution in [0.3, 0.4) is 0 Å². The van der Waals surface area contributed by atoms with Gasteiger partial charge in [-0.05, 0) is 37.9 Å². The number of likely N-dealkylation sites (tertiary alicyclic amines) is 1. The van der Waals surface area contributed by atoms with Crippen LogP contribution in [-0.2, 0) is 0 Å². The zero-order chi connectivity index (χ0) is 21.4. The van der Waals surface area contributed by atoms with Crippen molar-refractivity contribution in [1.82, 2.24) is 15.1 Å². The highest BCUT2D eigenvalue weighted by Gasteiger charge is 2.33. The van der Waals surface area contributed by atoms with Gasteiger partial charge in [-0.15, -0.1) is 24.0 Å². The first kappa shape index (κ1) is 26.7. The molecule has 0 bridgehead atoms. The van der Waals surface area contributed by atoms with Crippen molar-refractivity contribution in [3.05, 3.63) is 30.1 Å². The first-order valence-corrected chi connectivity index (χ1v) is 9.87. The van der Waals surface area contributed by atoms with Crippen LogP contribution >= 0.6 is 24.0 Å². The molecular formula is C20H31F4IN4O. The van der Waals surface area contributed by atoms with E-state index in [1.54, 1.807) is 32.2 Å². The van der Waals surface area contributed by atoms with Gasteiger partial charge in [0.15, 0.2) is 17.5 Å². The van der Waals surface area contributed by atoms with E-state index in [0.29, 0.717) is 32.1 Å². The average molecular weight is 546 g/mol. The van der Waals surface area contributed by atoms with Crippen LogP contribution in [0.1, 0.15) is 20.3 Å². The van der Waals surface area contributed by atoms with Gasteiger partial charge in [-0.2, -0.15) is 13.2 Å². The lowest BCUT2D eigenvalue weighted by Gasteiger charge is -2.26. The lowest BCUT2D eigenvalue weighted by molar-refractivity contribution is -0.146. The minimum atomic E-state index is -4.18. The maximum absolute atomic E-state index is 13.7. The van der Waals surface area contributed by atoms with Gasteiger partial charge in [0.2, 0.25) is 0 Å². The molecule has 1 fully saturated rings. The van der Waals surface area contributed by atoms with Crippen LogP contribution in [0, 0.1) is 11.7 Å². The molecule has 5 nitrogen and oxygen atoms in total. The van der Waals surface area contributed by atoms with Gasteiger partial charge in [0.25, 0.3) is 0 Å². The van der Waals surface area contributed by atoms with Gasteiger partial charge < -0.3 is 15.0 Å². The normalized spacial score (nSPS) is 18.3. The molecule has 0 aliphatic carbocycles. The highest BCUT2D eigenvalue weighted by Crippen LogP contribution is 2.21. The number of rotatable bonds is 8. The molecule has 172 valence electrons. The quantitative estimate of drug-likeness (QED) is 0.232. The number of para-hydroxylation sites is 1. The summed E-state index contributed by atoms with van der Waals surface area (Å²) in [6.45, 7) is 5.29. The van der Waals surface area contributed by atoms with Crippen molar-refractivity contribution in [2.24, 2.45) is 10.9 Å². The lowest BCUT2D eigenvalue weighted by Crippen LogP contribution is -2.44. The highest BCUT2D eigenvalue weighted by molar-refractivity contribution is 14.0. The summed E-state index contributed by atoms with van der Waals surface area (Å²) in [5.74, 6) is 0.617. The number of halogens is 5. The first-order valence-electron chi connectivity index (χ1n) is 9.87. The standard InChI is InChI=1S/C20H30F4N4O.HI/c1-4-27(14-20(22,23)24)12-16-9-10-28(13-16)19(25-3)26-11-15(2)29-18-8-6-5-7-17(18)21;/h5-8,15-16H,4,9-14H2,1-3H3,(H,25,26);1H. The van der Waals surface area contributed by atoms with Crippen LogP contribution in [0.2, 0.25) is 0 Å². The van der Waals surface area contributed by atoms with Crippen LogP contribution in [0.25, 0.3) is 0 Å².